The average Bonchev–Trinajstić information content (AvgIpc) is 3.40. The van der Waals surface area contributed by atoms with E-state index >= 15 is 0 Å². The predicted octanol–water partition coefficient (Wildman–Crippen LogP) is 3.20. The molecule has 4 rings (SSSR count). The lowest BCUT2D eigenvalue weighted by atomic mass is 10.1. The molecule has 2 heterocycles. The van der Waals surface area contributed by atoms with Gasteiger partial charge in [-0.2, -0.15) is 0 Å². The Morgan fingerprint density at radius 1 is 1.16 bits per heavy atom. The molecule has 0 radical (unpaired) electrons. The maximum atomic E-state index is 13.3. The molecule has 2 aliphatic heterocycles. The molecule has 0 N–H and O–H groups in total. The molecule has 166 valence electrons. The van der Waals surface area contributed by atoms with Gasteiger partial charge in [-0.1, -0.05) is 11.6 Å². The highest BCUT2D eigenvalue weighted by Crippen LogP contribution is 2.29. The van der Waals surface area contributed by atoms with Gasteiger partial charge >= 0.3 is 0 Å². The van der Waals surface area contributed by atoms with Crippen molar-refractivity contribution in [1.82, 2.24) is 4.90 Å². The lowest BCUT2D eigenvalue weighted by Crippen LogP contribution is -2.48. The van der Waals surface area contributed by atoms with Crippen molar-refractivity contribution in [2.24, 2.45) is 0 Å². The molecule has 0 bridgehead atoms. The Morgan fingerprint density at radius 3 is 2.44 bits per heavy atom. The molecule has 2 aliphatic rings. The quantitative estimate of drug-likeness (QED) is 0.374. The molecule has 2 saturated heterocycles. The van der Waals surface area contributed by atoms with Gasteiger partial charge in [0.15, 0.2) is 0 Å². The number of nitro groups is 1. The summed E-state index contributed by atoms with van der Waals surface area (Å²) in [5.41, 5.74) is 0.429. The lowest BCUT2D eigenvalue weighted by molar-refractivity contribution is -0.384. The zero-order chi connectivity index (χ0) is 22.8. The van der Waals surface area contributed by atoms with E-state index in [-0.39, 0.29) is 30.3 Å². The van der Waals surface area contributed by atoms with Crippen LogP contribution in [0, 0.1) is 10.1 Å². The van der Waals surface area contributed by atoms with Crippen molar-refractivity contribution in [3.63, 3.8) is 0 Å². The second-order valence-electron chi connectivity index (χ2n) is 7.66. The van der Waals surface area contributed by atoms with Gasteiger partial charge in [-0.25, -0.2) is 4.90 Å². The second-order valence-corrected chi connectivity index (χ2v) is 8.10. The van der Waals surface area contributed by atoms with E-state index in [1.807, 2.05) is 0 Å². The van der Waals surface area contributed by atoms with Crippen LogP contribution in [-0.2, 0) is 14.3 Å². The summed E-state index contributed by atoms with van der Waals surface area (Å²) in [6.45, 7) is 0.715. The van der Waals surface area contributed by atoms with E-state index in [2.05, 4.69) is 0 Å². The number of hydrogen-bond acceptors (Lipinski definition) is 6. The summed E-state index contributed by atoms with van der Waals surface area (Å²) >= 11 is 5.91. The molecule has 9 nitrogen and oxygen atoms in total. The van der Waals surface area contributed by atoms with Crippen molar-refractivity contribution in [3.8, 4) is 0 Å². The summed E-state index contributed by atoms with van der Waals surface area (Å²) in [6, 6.07) is 10.5. The van der Waals surface area contributed by atoms with E-state index in [0.29, 0.717) is 17.3 Å². The topological polar surface area (TPSA) is 110 Å². The Balaban J connectivity index is 1.63. The Labute approximate surface area is 188 Å². The van der Waals surface area contributed by atoms with Crippen LogP contribution in [0.2, 0.25) is 5.02 Å². The van der Waals surface area contributed by atoms with Crippen LogP contribution in [0.5, 0.6) is 0 Å². The monoisotopic (exact) mass is 457 g/mol. The van der Waals surface area contributed by atoms with Crippen LogP contribution in [0.4, 0.5) is 11.4 Å². The predicted molar refractivity (Wildman–Crippen MR) is 115 cm³/mol. The van der Waals surface area contributed by atoms with E-state index in [4.69, 9.17) is 16.3 Å². The smallest absolute Gasteiger partial charge is 0.269 e. The summed E-state index contributed by atoms with van der Waals surface area (Å²) in [4.78, 5) is 52.1. The molecule has 2 fully saturated rings. The van der Waals surface area contributed by atoms with Crippen molar-refractivity contribution in [1.29, 1.82) is 0 Å². The van der Waals surface area contributed by atoms with Gasteiger partial charge in [0.2, 0.25) is 5.91 Å². The van der Waals surface area contributed by atoms with Gasteiger partial charge in [0.05, 0.1) is 23.1 Å². The Hall–Kier alpha value is -3.30. The van der Waals surface area contributed by atoms with Crippen LogP contribution in [-0.4, -0.2) is 52.8 Å². The van der Waals surface area contributed by atoms with Crippen molar-refractivity contribution in [3.05, 3.63) is 69.2 Å². The lowest BCUT2D eigenvalue weighted by Gasteiger charge is -2.30. The number of nitrogens with zero attached hydrogens (tertiary/aromatic N) is 3. The molecule has 0 spiro atoms. The third-order valence-electron chi connectivity index (χ3n) is 5.59. The van der Waals surface area contributed by atoms with Gasteiger partial charge < -0.3 is 9.64 Å². The number of benzene rings is 2. The Kier molecular flexibility index (Phi) is 6.20. The first-order chi connectivity index (χ1) is 15.3. The number of amides is 3. The normalized spacial score (nSPS) is 20.6. The largest absolute Gasteiger partial charge is 0.376 e. The van der Waals surface area contributed by atoms with E-state index < -0.39 is 28.7 Å². The maximum Gasteiger partial charge on any atom is 0.269 e. The molecule has 2 atom stereocenters. The van der Waals surface area contributed by atoms with E-state index in [1.54, 1.807) is 24.3 Å². The fourth-order valence-corrected chi connectivity index (χ4v) is 4.10. The van der Waals surface area contributed by atoms with Crippen LogP contribution < -0.4 is 4.90 Å². The molecule has 0 aliphatic carbocycles. The molecule has 10 heteroatoms. The van der Waals surface area contributed by atoms with Gasteiger partial charge in [-0.15, -0.1) is 0 Å². The maximum absolute atomic E-state index is 13.3. The van der Waals surface area contributed by atoms with Crippen LogP contribution in [0.15, 0.2) is 48.5 Å². The number of rotatable bonds is 6. The summed E-state index contributed by atoms with van der Waals surface area (Å²) < 4.78 is 5.66. The molecule has 0 aromatic heterocycles. The van der Waals surface area contributed by atoms with Gasteiger partial charge in [-0.05, 0) is 49.2 Å². The fourth-order valence-electron chi connectivity index (χ4n) is 3.97. The molecular weight excluding hydrogens is 438 g/mol. The zero-order valence-electron chi connectivity index (χ0n) is 17.0. The van der Waals surface area contributed by atoms with Crippen LogP contribution in [0.3, 0.4) is 0 Å². The molecule has 0 saturated carbocycles. The Morgan fingerprint density at radius 2 is 1.84 bits per heavy atom. The highest BCUT2D eigenvalue weighted by molar-refractivity contribution is 6.31. The number of ether oxygens (including phenoxy) is 1. The number of carbonyl (C=O) groups is 3. The highest BCUT2D eigenvalue weighted by atomic mass is 35.5. The molecular formula is C22H20ClN3O6. The fraction of sp³-hybridized carbons (Fsp3) is 0.318. The standard InChI is InChI=1S/C22H20ClN3O6/c23-15-5-9-16(10-6-15)25-20(27)12-19(22(25)29)24(13-18-2-1-11-32-18)21(28)14-3-7-17(8-4-14)26(30)31/h3-10,18-19H,1-2,11-13H2. The van der Waals surface area contributed by atoms with Crippen molar-refractivity contribution in [2.75, 3.05) is 18.1 Å². The summed E-state index contributed by atoms with van der Waals surface area (Å²) in [5, 5.41) is 11.4. The molecule has 2 unspecified atom stereocenters. The minimum atomic E-state index is -0.995. The van der Waals surface area contributed by atoms with Crippen LogP contribution in [0.25, 0.3) is 0 Å². The van der Waals surface area contributed by atoms with Crippen molar-refractivity contribution in [2.45, 2.75) is 31.4 Å². The number of non-ortho nitro benzene ring substituents is 1. The van der Waals surface area contributed by atoms with Gasteiger partial charge in [-0.3, -0.25) is 24.5 Å². The van der Waals surface area contributed by atoms with Crippen molar-refractivity contribution >= 4 is 40.7 Å². The SMILES string of the molecule is O=C1CC(N(CC2CCCO2)C(=O)c2ccc([N+](=O)[O-])cc2)C(=O)N1c1ccc(Cl)cc1. The van der Waals surface area contributed by atoms with E-state index in [0.717, 1.165) is 17.7 Å². The number of hydrogen-bond donors (Lipinski definition) is 0. The highest BCUT2D eigenvalue weighted by Gasteiger charge is 2.45. The van der Waals surface area contributed by atoms with Crippen LogP contribution >= 0.6 is 11.6 Å². The first kappa shape index (κ1) is 21.9. The molecule has 2 aromatic carbocycles. The first-order valence-corrected chi connectivity index (χ1v) is 10.5. The van der Waals surface area contributed by atoms with E-state index in [9.17, 15) is 24.5 Å². The van der Waals surface area contributed by atoms with Crippen LogP contribution in [0.1, 0.15) is 29.6 Å². The number of halogens is 1. The molecule has 2 aromatic rings. The minimum absolute atomic E-state index is 0.145. The third-order valence-corrected chi connectivity index (χ3v) is 5.85. The average molecular weight is 458 g/mol. The van der Waals surface area contributed by atoms with E-state index in [1.165, 1.54) is 29.2 Å². The summed E-state index contributed by atoms with van der Waals surface area (Å²) in [7, 11) is 0. The van der Waals surface area contributed by atoms with Gasteiger partial charge in [0, 0.05) is 35.9 Å². The first-order valence-electron chi connectivity index (χ1n) is 10.1. The van der Waals surface area contributed by atoms with Gasteiger partial charge in [0.1, 0.15) is 6.04 Å². The molecule has 3 amide bonds. The van der Waals surface area contributed by atoms with Gasteiger partial charge in [0.25, 0.3) is 17.5 Å². The minimum Gasteiger partial charge on any atom is -0.376 e. The number of imide groups is 1. The zero-order valence-corrected chi connectivity index (χ0v) is 17.7. The number of anilines is 1. The number of nitro benzene ring substituents is 1. The second kappa shape index (κ2) is 9.05. The Bertz CT molecular complexity index is 1050. The number of carbonyl (C=O) groups excluding carboxylic acids is 3. The molecule has 32 heavy (non-hydrogen) atoms. The summed E-state index contributed by atoms with van der Waals surface area (Å²) in [6.07, 6.45) is 1.18. The summed E-state index contributed by atoms with van der Waals surface area (Å²) in [5.74, 6) is -1.42. The third kappa shape index (κ3) is 4.35. The van der Waals surface area contributed by atoms with Crippen molar-refractivity contribution < 1.29 is 24.0 Å².